The highest BCUT2D eigenvalue weighted by Crippen LogP contribution is 2.38. The van der Waals surface area contributed by atoms with Crippen LogP contribution in [0, 0.1) is 47.9 Å². The number of hydrogen-bond donors (Lipinski definition) is 3. The van der Waals surface area contributed by atoms with E-state index in [1.165, 1.54) is 12.0 Å². The molecular weight excluding hydrogens is 1000 g/mol. The van der Waals surface area contributed by atoms with E-state index in [0.29, 0.717) is 50.7 Å². The van der Waals surface area contributed by atoms with Crippen LogP contribution in [0.15, 0.2) is 47.6 Å². The van der Waals surface area contributed by atoms with Crippen LogP contribution in [0.1, 0.15) is 131 Å². The third kappa shape index (κ3) is 18.6. The molecule has 5 rings (SSSR count). The van der Waals surface area contributed by atoms with Crippen molar-refractivity contribution in [1.29, 1.82) is 0 Å². The first-order valence-corrected chi connectivity index (χ1v) is 28.9. The first kappa shape index (κ1) is 64.9. The first-order chi connectivity index (χ1) is 37.3. The maximum absolute atomic E-state index is 14.7. The molecular formula is C61H94N2O15. The molecule has 0 aromatic heterocycles. The second-order valence-corrected chi connectivity index (χ2v) is 22.7. The first-order valence-electron chi connectivity index (χ1n) is 28.9. The molecule has 1 saturated carbocycles. The summed E-state index contributed by atoms with van der Waals surface area (Å²) >= 11 is 0. The standard InChI is InChI=1S/C61H94N2O15/c1-10-46-19-13-11-12-18-40(2)52(76-33-29-64)38-48-23-21-45(7)61(71,78-48)58(68)59(69)63-26-15-14-20-49(63)60(70)77-53(39-50(65)41(3)34-43(5)55(66)57(73-9)56(67)44(6)36-46)42(4)35-47-22-24-51(54(37-47)72-8)75-30-17-16-25-62-27-31-74-32-28-62/h1,11-13,18-19,34,41-42,44-49,51-55,57,64,66,71H,14-17,20-33,35-39H2,2-9H3/b12-11+,19-13+,40-18+,43-34+/t41-,42-,44-,45-,46-,47+,48+,49?,51-,52?,53+,54-,55-,57-,61-/m1/s1. The van der Waals surface area contributed by atoms with Crippen molar-refractivity contribution in [1.82, 2.24) is 9.80 Å². The van der Waals surface area contributed by atoms with Gasteiger partial charge in [-0.3, -0.25) is 24.1 Å². The van der Waals surface area contributed by atoms with E-state index in [4.69, 9.17) is 39.6 Å². The van der Waals surface area contributed by atoms with E-state index in [2.05, 4.69) is 10.8 Å². The number of cyclic esters (lactones) is 1. The molecule has 1 aliphatic carbocycles. The summed E-state index contributed by atoms with van der Waals surface area (Å²) in [5.74, 6) is -6.11. The molecule has 3 N–H and O–H groups in total. The molecule has 17 nitrogen and oxygen atoms in total. The second-order valence-electron chi connectivity index (χ2n) is 22.7. The number of allylic oxidation sites excluding steroid dienone is 6. The van der Waals surface area contributed by atoms with Crippen molar-refractivity contribution in [2.24, 2.45) is 35.5 Å². The zero-order valence-electron chi connectivity index (χ0n) is 48.0. The van der Waals surface area contributed by atoms with E-state index < -0.39 is 83.7 Å². The van der Waals surface area contributed by atoms with Gasteiger partial charge in [0.25, 0.3) is 11.7 Å². The van der Waals surface area contributed by atoms with Crippen molar-refractivity contribution >= 4 is 29.2 Å². The van der Waals surface area contributed by atoms with E-state index in [0.717, 1.165) is 64.1 Å². The predicted molar refractivity (Wildman–Crippen MR) is 295 cm³/mol. The van der Waals surface area contributed by atoms with Crippen LogP contribution < -0.4 is 0 Å². The molecule has 0 radical (unpaired) electrons. The van der Waals surface area contributed by atoms with Gasteiger partial charge in [-0.2, -0.15) is 0 Å². The number of rotatable bonds is 14. The monoisotopic (exact) mass is 1090 g/mol. The lowest BCUT2D eigenvalue weighted by molar-refractivity contribution is -0.266. The van der Waals surface area contributed by atoms with E-state index in [-0.39, 0.29) is 81.1 Å². The lowest BCUT2D eigenvalue weighted by Gasteiger charge is -2.43. The van der Waals surface area contributed by atoms with Crippen molar-refractivity contribution in [2.45, 2.75) is 186 Å². The molecule has 0 aromatic rings. The Labute approximate surface area is 464 Å². The summed E-state index contributed by atoms with van der Waals surface area (Å²) in [4.78, 5) is 75.4. The van der Waals surface area contributed by atoms with Gasteiger partial charge in [-0.05, 0) is 120 Å². The molecule has 3 saturated heterocycles. The molecule has 0 aromatic carbocycles. The molecule has 78 heavy (non-hydrogen) atoms. The van der Waals surface area contributed by atoms with Gasteiger partial charge in [-0.15, -0.1) is 6.42 Å². The highest BCUT2D eigenvalue weighted by Gasteiger charge is 2.53. The molecule has 0 spiro atoms. The van der Waals surface area contributed by atoms with Crippen molar-refractivity contribution in [3.05, 3.63) is 47.6 Å². The van der Waals surface area contributed by atoms with Crippen LogP contribution >= 0.6 is 0 Å². The van der Waals surface area contributed by atoms with Crippen LogP contribution in [-0.4, -0.2) is 182 Å². The number of Topliss-reactive ketones (excluding diaryl/α,β-unsaturated/α-hetero) is 3. The zero-order valence-corrected chi connectivity index (χ0v) is 48.0. The molecule has 4 aliphatic heterocycles. The van der Waals surface area contributed by atoms with Crippen LogP contribution in [0.25, 0.3) is 0 Å². The smallest absolute Gasteiger partial charge is 0.329 e. The quantitative estimate of drug-likeness (QED) is 0.0572. The van der Waals surface area contributed by atoms with Gasteiger partial charge in [0, 0.05) is 77.0 Å². The zero-order chi connectivity index (χ0) is 56.9. The topological polar surface area (TPSA) is 217 Å². The van der Waals surface area contributed by atoms with Gasteiger partial charge in [0.05, 0.1) is 50.8 Å². The number of morpholine rings is 1. The minimum Gasteiger partial charge on any atom is -0.460 e. The average molecular weight is 1100 g/mol. The number of methoxy groups -OCH3 is 2. The predicted octanol–water partition coefficient (Wildman–Crippen LogP) is 6.29. The maximum Gasteiger partial charge on any atom is 0.329 e. The summed E-state index contributed by atoms with van der Waals surface area (Å²) in [5, 5.41) is 33.4. The average Bonchev–Trinajstić information content (AvgIpc) is 3.48. The Morgan fingerprint density at radius 3 is 2.32 bits per heavy atom. The number of amides is 1. The Balaban J connectivity index is 1.41. The van der Waals surface area contributed by atoms with E-state index in [1.54, 1.807) is 65.2 Å². The highest BCUT2D eigenvalue weighted by atomic mass is 16.6. The molecule has 15 atom stereocenters. The number of nitrogens with zero attached hydrogens (tertiary/aromatic N) is 2. The van der Waals surface area contributed by atoms with Crippen molar-refractivity contribution in [2.75, 3.05) is 73.4 Å². The summed E-state index contributed by atoms with van der Waals surface area (Å²) in [6.45, 7) is 15.5. The second kappa shape index (κ2) is 32.5. The number of esters is 1. The molecule has 2 unspecified atom stereocenters. The van der Waals surface area contributed by atoms with Gasteiger partial charge in [-0.1, -0.05) is 70.1 Å². The van der Waals surface area contributed by atoms with Crippen LogP contribution in [0.2, 0.25) is 0 Å². The number of ether oxygens (including phenoxy) is 7. The number of carbonyl (C=O) groups is 5. The molecule has 4 heterocycles. The largest absolute Gasteiger partial charge is 0.460 e. The lowest BCUT2D eigenvalue weighted by atomic mass is 9.78. The lowest BCUT2D eigenvalue weighted by Crippen LogP contribution is -2.61. The van der Waals surface area contributed by atoms with Gasteiger partial charge in [0.2, 0.25) is 5.79 Å². The van der Waals surface area contributed by atoms with Gasteiger partial charge < -0.3 is 53.4 Å². The Hall–Kier alpha value is -3.93. The third-order valence-electron chi connectivity index (χ3n) is 16.9. The third-order valence-corrected chi connectivity index (χ3v) is 16.9. The van der Waals surface area contributed by atoms with Crippen molar-refractivity contribution in [3.63, 3.8) is 0 Å². The summed E-state index contributed by atoms with van der Waals surface area (Å²) in [7, 11) is 3.05. The summed E-state index contributed by atoms with van der Waals surface area (Å²) in [6, 6.07) is -1.17. The number of unbranched alkanes of at least 4 members (excludes halogenated alkanes) is 1. The van der Waals surface area contributed by atoms with Crippen LogP contribution in [0.4, 0.5) is 0 Å². The summed E-state index contributed by atoms with van der Waals surface area (Å²) in [5.41, 5.74) is 1.12. The van der Waals surface area contributed by atoms with Crippen LogP contribution in [0.3, 0.4) is 0 Å². The molecule has 5 aliphatic rings. The van der Waals surface area contributed by atoms with Gasteiger partial charge in [0.1, 0.15) is 30.1 Å². The Bertz CT molecular complexity index is 2110. The van der Waals surface area contributed by atoms with Gasteiger partial charge in [-0.25, -0.2) is 4.79 Å². The fourth-order valence-electron chi connectivity index (χ4n) is 11.8. The SMILES string of the molecule is C#C[C@@H]1/C=C/C=C/C=C(\C)C(OCCO)C[C@@H]2CC[C@@H](C)[C@@](O)(O2)C(=O)C(=O)N2CCCCC2C(=O)O[C@H]([C@H](C)C[C@@H]2CC[C@@H](OCCCCN3CCOCC3)[C@H](OC)C2)CC(=O)[C@H](C)/C=C(\C)[C@@H](O)[C@@H](OC)C(=O)[C@H](C)C1. The van der Waals surface area contributed by atoms with E-state index in [9.17, 15) is 39.3 Å². The van der Waals surface area contributed by atoms with Crippen LogP contribution in [-0.2, 0) is 57.1 Å². The number of terminal acetylenes is 1. The fraction of sp³-hybridized carbons (Fsp3) is 0.754. The Kier molecular flexibility index (Phi) is 27.0. The molecule has 17 heteroatoms. The molecule has 2 bridgehead atoms. The normalized spacial score (nSPS) is 37.0. The minimum atomic E-state index is -2.50. The van der Waals surface area contributed by atoms with Gasteiger partial charge in [0.15, 0.2) is 5.78 Å². The molecule has 4 fully saturated rings. The van der Waals surface area contributed by atoms with E-state index >= 15 is 0 Å². The fourth-order valence-corrected chi connectivity index (χ4v) is 11.8. The Morgan fingerprint density at radius 2 is 1.62 bits per heavy atom. The molecule has 1 amide bonds. The number of piperidine rings is 1. The number of fused-ring (bicyclic) bond motifs is 3. The number of carbonyl (C=O) groups excluding carboxylic acids is 5. The maximum atomic E-state index is 14.7. The summed E-state index contributed by atoms with van der Waals surface area (Å²) in [6.07, 6.45) is 18.7. The van der Waals surface area contributed by atoms with Gasteiger partial charge >= 0.3 is 5.97 Å². The Morgan fingerprint density at radius 1 is 0.859 bits per heavy atom. The van der Waals surface area contributed by atoms with E-state index in [1.807, 2.05) is 19.9 Å². The van der Waals surface area contributed by atoms with Crippen molar-refractivity contribution in [3.8, 4) is 12.3 Å². The van der Waals surface area contributed by atoms with Crippen LogP contribution in [0.5, 0.6) is 0 Å². The molecule has 438 valence electrons. The number of hydrogen-bond acceptors (Lipinski definition) is 16. The highest BCUT2D eigenvalue weighted by molar-refractivity contribution is 6.39. The minimum absolute atomic E-state index is 0.0165. The number of aliphatic hydroxyl groups excluding tert-OH is 2. The summed E-state index contributed by atoms with van der Waals surface area (Å²) < 4.78 is 42.1. The number of aliphatic hydroxyl groups is 3. The van der Waals surface area contributed by atoms with Crippen molar-refractivity contribution < 1.29 is 72.5 Å². The number of ketones is 3.